The summed E-state index contributed by atoms with van der Waals surface area (Å²) >= 11 is 0. The van der Waals surface area contributed by atoms with Gasteiger partial charge in [0.25, 0.3) is 0 Å². The van der Waals surface area contributed by atoms with Gasteiger partial charge in [0.05, 0.1) is 25.1 Å². The summed E-state index contributed by atoms with van der Waals surface area (Å²) in [7, 11) is 0. The van der Waals surface area contributed by atoms with Crippen molar-refractivity contribution in [2.75, 3.05) is 0 Å². The minimum atomic E-state index is -0.0462. The fraction of sp³-hybridized carbons (Fsp3) is 0.560. The van der Waals surface area contributed by atoms with Crippen molar-refractivity contribution >= 4 is 0 Å². The predicted molar refractivity (Wildman–Crippen MR) is 121 cm³/mol. The molecule has 0 fully saturated rings. The second-order valence-corrected chi connectivity index (χ2v) is 9.59. The number of rotatable bonds is 7. The normalized spacial score (nSPS) is 19.2. The smallest absolute Gasteiger partial charge is 0.275 e. The van der Waals surface area contributed by atoms with E-state index in [0.29, 0.717) is 13.1 Å². The SMILES string of the molecule is CCCCc1nn(CC(C)(C)C)c(=O)n1CC1=CC=C(C2=CC=CCC2C#N)CC1. The molecule has 0 spiro atoms. The van der Waals surface area contributed by atoms with Gasteiger partial charge >= 0.3 is 5.69 Å². The molecule has 0 amide bonds. The number of hydrogen-bond donors (Lipinski definition) is 0. The summed E-state index contributed by atoms with van der Waals surface area (Å²) in [6.45, 7) is 9.77. The van der Waals surface area contributed by atoms with Crippen molar-refractivity contribution < 1.29 is 0 Å². The van der Waals surface area contributed by atoms with Crippen molar-refractivity contribution in [3.8, 4) is 6.07 Å². The monoisotopic (exact) mass is 406 g/mol. The molecule has 0 saturated carbocycles. The molecule has 5 nitrogen and oxygen atoms in total. The lowest BCUT2D eigenvalue weighted by molar-refractivity contribution is 0.317. The van der Waals surface area contributed by atoms with Gasteiger partial charge in [-0.3, -0.25) is 4.57 Å². The van der Waals surface area contributed by atoms with E-state index in [0.717, 1.165) is 49.9 Å². The first-order valence-electron chi connectivity index (χ1n) is 11.1. The zero-order valence-corrected chi connectivity index (χ0v) is 18.8. The number of nitriles is 1. The maximum absolute atomic E-state index is 13.1. The van der Waals surface area contributed by atoms with Crippen LogP contribution in [0.3, 0.4) is 0 Å². The molecule has 30 heavy (non-hydrogen) atoms. The lowest BCUT2D eigenvalue weighted by atomic mass is 9.83. The van der Waals surface area contributed by atoms with Crippen LogP contribution in [0.5, 0.6) is 0 Å². The molecule has 1 atom stereocenters. The summed E-state index contributed by atoms with van der Waals surface area (Å²) in [5, 5.41) is 14.1. The van der Waals surface area contributed by atoms with Crippen LogP contribution in [0.15, 0.2) is 51.9 Å². The first-order chi connectivity index (χ1) is 14.3. The molecule has 1 heterocycles. The van der Waals surface area contributed by atoms with E-state index in [1.54, 1.807) is 4.68 Å². The van der Waals surface area contributed by atoms with Crippen molar-refractivity contribution in [3.05, 3.63) is 63.4 Å². The fourth-order valence-corrected chi connectivity index (χ4v) is 4.06. The highest BCUT2D eigenvalue weighted by molar-refractivity contribution is 5.45. The van der Waals surface area contributed by atoms with Gasteiger partial charge in [-0.2, -0.15) is 10.4 Å². The Morgan fingerprint density at radius 3 is 2.67 bits per heavy atom. The van der Waals surface area contributed by atoms with Gasteiger partial charge in [0, 0.05) is 6.42 Å². The largest absolute Gasteiger partial charge is 0.346 e. The summed E-state index contributed by atoms with van der Waals surface area (Å²) in [5.74, 6) is 0.849. The first-order valence-corrected chi connectivity index (χ1v) is 11.1. The second-order valence-electron chi connectivity index (χ2n) is 9.59. The Hall–Kier alpha value is -2.61. The number of aryl methyl sites for hydroxylation is 1. The number of aromatic nitrogens is 3. The quantitative estimate of drug-likeness (QED) is 0.632. The van der Waals surface area contributed by atoms with E-state index in [1.165, 1.54) is 11.1 Å². The van der Waals surface area contributed by atoms with Crippen LogP contribution in [0.1, 0.15) is 65.6 Å². The minimum absolute atomic E-state index is 0.00336. The molecule has 1 aromatic rings. The predicted octanol–water partition coefficient (Wildman–Crippen LogP) is 5.11. The molecule has 5 heteroatoms. The van der Waals surface area contributed by atoms with Crippen molar-refractivity contribution in [2.45, 2.75) is 79.3 Å². The van der Waals surface area contributed by atoms with Crippen LogP contribution in [0, 0.1) is 22.7 Å². The van der Waals surface area contributed by atoms with Crippen LogP contribution in [0.4, 0.5) is 0 Å². The van der Waals surface area contributed by atoms with E-state index in [-0.39, 0.29) is 17.0 Å². The average Bonchev–Trinajstić information content (AvgIpc) is 3.00. The Morgan fingerprint density at radius 1 is 1.23 bits per heavy atom. The molecule has 0 saturated heterocycles. The molecule has 160 valence electrons. The number of nitrogens with zero attached hydrogens (tertiary/aromatic N) is 4. The molecule has 1 aromatic heterocycles. The van der Waals surface area contributed by atoms with Crippen LogP contribution >= 0.6 is 0 Å². The Morgan fingerprint density at radius 2 is 2.03 bits per heavy atom. The molecule has 3 rings (SSSR count). The summed E-state index contributed by atoms with van der Waals surface area (Å²) in [6.07, 6.45) is 16.0. The molecule has 2 aliphatic rings. The van der Waals surface area contributed by atoms with Gasteiger partial charge in [-0.1, -0.05) is 64.5 Å². The van der Waals surface area contributed by atoms with Crippen LogP contribution in [0.2, 0.25) is 0 Å². The third kappa shape index (κ3) is 5.30. The van der Waals surface area contributed by atoms with Gasteiger partial charge in [-0.05, 0) is 47.8 Å². The van der Waals surface area contributed by atoms with Gasteiger partial charge in [0.2, 0.25) is 0 Å². The number of hydrogen-bond acceptors (Lipinski definition) is 3. The highest BCUT2D eigenvalue weighted by Crippen LogP contribution is 2.32. The Balaban J connectivity index is 1.83. The lowest BCUT2D eigenvalue weighted by Gasteiger charge is -2.21. The summed E-state index contributed by atoms with van der Waals surface area (Å²) in [4.78, 5) is 13.1. The Labute approximate surface area is 180 Å². The number of allylic oxidation sites excluding steroid dienone is 8. The second kappa shape index (κ2) is 9.47. The van der Waals surface area contributed by atoms with Crippen LogP contribution in [-0.2, 0) is 19.5 Å². The molecule has 2 aliphatic carbocycles. The van der Waals surface area contributed by atoms with Crippen LogP contribution in [0.25, 0.3) is 0 Å². The zero-order valence-electron chi connectivity index (χ0n) is 18.8. The van der Waals surface area contributed by atoms with Gasteiger partial charge in [0.15, 0.2) is 0 Å². The molecule has 0 N–H and O–H groups in total. The van der Waals surface area contributed by atoms with E-state index in [4.69, 9.17) is 0 Å². The van der Waals surface area contributed by atoms with E-state index in [9.17, 15) is 10.1 Å². The Bertz CT molecular complexity index is 986. The van der Waals surface area contributed by atoms with Crippen LogP contribution in [-0.4, -0.2) is 14.3 Å². The van der Waals surface area contributed by atoms with Crippen LogP contribution < -0.4 is 5.69 Å². The lowest BCUT2D eigenvalue weighted by Crippen LogP contribution is -2.30. The minimum Gasteiger partial charge on any atom is -0.275 e. The fourth-order valence-electron chi connectivity index (χ4n) is 4.06. The van der Waals surface area contributed by atoms with Crippen molar-refractivity contribution in [1.82, 2.24) is 14.3 Å². The third-order valence-corrected chi connectivity index (χ3v) is 5.66. The van der Waals surface area contributed by atoms with Gasteiger partial charge in [-0.25, -0.2) is 9.48 Å². The van der Waals surface area contributed by atoms with Gasteiger partial charge in [-0.15, -0.1) is 0 Å². The van der Waals surface area contributed by atoms with Gasteiger partial charge < -0.3 is 0 Å². The molecular weight excluding hydrogens is 372 g/mol. The maximum Gasteiger partial charge on any atom is 0.346 e. The highest BCUT2D eigenvalue weighted by atomic mass is 16.2. The molecule has 0 aliphatic heterocycles. The summed E-state index contributed by atoms with van der Waals surface area (Å²) in [5.41, 5.74) is 3.64. The highest BCUT2D eigenvalue weighted by Gasteiger charge is 2.22. The van der Waals surface area contributed by atoms with E-state index in [2.05, 4.69) is 63.2 Å². The van der Waals surface area contributed by atoms with E-state index in [1.807, 2.05) is 10.6 Å². The zero-order chi connectivity index (χ0) is 21.7. The topological polar surface area (TPSA) is 63.6 Å². The van der Waals surface area contributed by atoms with Crippen molar-refractivity contribution in [3.63, 3.8) is 0 Å². The molecule has 0 radical (unpaired) electrons. The average molecular weight is 407 g/mol. The summed E-state index contributed by atoms with van der Waals surface area (Å²) < 4.78 is 3.51. The molecular formula is C25H34N4O. The number of unbranched alkanes of at least 4 members (excludes halogenated alkanes) is 1. The standard InChI is InChI=1S/C25H34N4O/c1-5-6-11-23-27-29(18-25(2,3)4)24(30)28(23)17-19-12-14-20(15-13-19)22-10-8-7-9-21(22)16-26/h7-8,10,12,14,21H,5-6,9,11,13,15,17-18H2,1-4H3. The third-order valence-electron chi connectivity index (χ3n) is 5.66. The molecule has 0 bridgehead atoms. The van der Waals surface area contributed by atoms with Gasteiger partial charge in [0.1, 0.15) is 5.82 Å². The molecule has 0 aromatic carbocycles. The summed E-state index contributed by atoms with van der Waals surface area (Å²) in [6, 6.07) is 2.42. The van der Waals surface area contributed by atoms with Crippen molar-refractivity contribution in [2.24, 2.45) is 11.3 Å². The van der Waals surface area contributed by atoms with Crippen molar-refractivity contribution in [1.29, 1.82) is 5.26 Å². The Kier molecular flexibility index (Phi) is 6.97. The first kappa shape index (κ1) is 22.1. The maximum atomic E-state index is 13.1. The molecule has 1 unspecified atom stereocenters. The van der Waals surface area contributed by atoms with E-state index >= 15 is 0 Å². The van der Waals surface area contributed by atoms with E-state index < -0.39 is 0 Å².